The second-order valence-electron chi connectivity index (χ2n) is 9.97. The standard InChI is InChI=1S/C30H33Cl2N3O4S/c1-22(30(37)33-26-12-6-3-7-13-26)34(20-23-9-4-2-5-10-23)29(36)21-35(27-14-8-11-25(32)19-27)40(38,39)28-17-15-24(31)16-18-28/h2,4-5,8-11,14-19,22,26H,3,6-7,12-13,20-21H2,1H3,(H,33,37)/t22-/m0/s1. The van der Waals surface area contributed by atoms with Gasteiger partial charge in [-0.05, 0) is 67.8 Å². The minimum Gasteiger partial charge on any atom is -0.352 e. The summed E-state index contributed by atoms with van der Waals surface area (Å²) >= 11 is 12.2. The van der Waals surface area contributed by atoms with Gasteiger partial charge in [0.2, 0.25) is 11.8 Å². The van der Waals surface area contributed by atoms with Crippen LogP contribution in [-0.2, 0) is 26.2 Å². The Hall–Kier alpha value is -3.07. The monoisotopic (exact) mass is 601 g/mol. The van der Waals surface area contributed by atoms with Crippen molar-refractivity contribution in [1.82, 2.24) is 10.2 Å². The minimum atomic E-state index is -4.19. The van der Waals surface area contributed by atoms with Gasteiger partial charge in [0, 0.05) is 22.6 Å². The van der Waals surface area contributed by atoms with Gasteiger partial charge in [-0.1, -0.05) is 78.9 Å². The highest BCUT2D eigenvalue weighted by Gasteiger charge is 2.33. The summed E-state index contributed by atoms with van der Waals surface area (Å²) in [6.07, 6.45) is 5.09. The summed E-state index contributed by atoms with van der Waals surface area (Å²) in [5.74, 6) is -0.779. The Kier molecular flexibility index (Phi) is 10.1. The van der Waals surface area contributed by atoms with Gasteiger partial charge < -0.3 is 10.2 Å². The first-order chi connectivity index (χ1) is 19.1. The number of nitrogens with one attached hydrogen (secondary N) is 1. The van der Waals surface area contributed by atoms with Gasteiger partial charge in [0.1, 0.15) is 12.6 Å². The lowest BCUT2D eigenvalue weighted by molar-refractivity contribution is -0.139. The fourth-order valence-corrected chi connectivity index (χ4v) is 6.54. The van der Waals surface area contributed by atoms with Crippen LogP contribution in [0, 0.1) is 0 Å². The van der Waals surface area contributed by atoms with E-state index in [1.54, 1.807) is 25.1 Å². The minimum absolute atomic E-state index is 0.0256. The summed E-state index contributed by atoms with van der Waals surface area (Å²) in [6.45, 7) is 1.29. The van der Waals surface area contributed by atoms with Crippen LogP contribution in [0.1, 0.15) is 44.6 Å². The van der Waals surface area contributed by atoms with E-state index >= 15 is 0 Å². The third-order valence-electron chi connectivity index (χ3n) is 7.09. The van der Waals surface area contributed by atoms with Gasteiger partial charge in [0.15, 0.2) is 0 Å². The number of anilines is 1. The molecule has 1 atom stereocenters. The van der Waals surface area contributed by atoms with Crippen LogP contribution >= 0.6 is 23.2 Å². The number of nitrogens with zero attached hydrogens (tertiary/aromatic N) is 2. The lowest BCUT2D eigenvalue weighted by Crippen LogP contribution is -2.53. The van der Waals surface area contributed by atoms with Crippen molar-refractivity contribution in [3.05, 3.63) is 94.5 Å². The average molecular weight is 603 g/mol. The summed E-state index contributed by atoms with van der Waals surface area (Å²) in [7, 11) is -4.19. The van der Waals surface area contributed by atoms with Gasteiger partial charge in [-0.3, -0.25) is 13.9 Å². The molecule has 2 amide bonds. The molecule has 0 aliphatic heterocycles. The van der Waals surface area contributed by atoms with E-state index in [4.69, 9.17) is 23.2 Å². The summed E-state index contributed by atoms with van der Waals surface area (Å²) in [4.78, 5) is 28.7. The maximum Gasteiger partial charge on any atom is 0.264 e. The van der Waals surface area contributed by atoms with Crippen LogP contribution in [0.25, 0.3) is 0 Å². The number of halogens is 2. The van der Waals surface area contributed by atoms with Crippen molar-refractivity contribution in [2.45, 2.75) is 62.6 Å². The first-order valence-electron chi connectivity index (χ1n) is 13.3. The first kappa shape index (κ1) is 29.9. The van der Waals surface area contributed by atoms with E-state index < -0.39 is 28.5 Å². The predicted octanol–water partition coefficient (Wildman–Crippen LogP) is 6.05. The van der Waals surface area contributed by atoms with Gasteiger partial charge in [-0.25, -0.2) is 8.42 Å². The molecule has 7 nitrogen and oxygen atoms in total. The zero-order valence-corrected chi connectivity index (χ0v) is 24.6. The quantitative estimate of drug-likeness (QED) is 0.306. The molecule has 3 aromatic carbocycles. The molecule has 4 rings (SSSR count). The van der Waals surface area contributed by atoms with Crippen molar-refractivity contribution >= 4 is 50.7 Å². The van der Waals surface area contributed by atoms with E-state index in [2.05, 4.69) is 5.32 Å². The maximum absolute atomic E-state index is 14.0. The Balaban J connectivity index is 1.66. The summed E-state index contributed by atoms with van der Waals surface area (Å²) in [5, 5.41) is 3.81. The second-order valence-corrected chi connectivity index (χ2v) is 12.7. The van der Waals surface area contributed by atoms with E-state index in [-0.39, 0.29) is 29.1 Å². The molecule has 0 unspecified atom stereocenters. The number of amides is 2. The smallest absolute Gasteiger partial charge is 0.264 e. The molecule has 1 fully saturated rings. The molecule has 0 saturated heterocycles. The Morgan fingerprint density at radius 3 is 2.23 bits per heavy atom. The number of sulfonamides is 1. The normalized spacial score (nSPS) is 14.8. The molecule has 1 N–H and O–H groups in total. The SMILES string of the molecule is C[C@@H](C(=O)NC1CCCCC1)N(Cc1ccccc1)C(=O)CN(c1cccc(Cl)c1)S(=O)(=O)c1ccc(Cl)cc1. The highest BCUT2D eigenvalue weighted by Crippen LogP contribution is 2.27. The summed E-state index contributed by atoms with van der Waals surface area (Å²) in [5.41, 5.74) is 1.05. The van der Waals surface area contributed by atoms with Crippen molar-refractivity contribution in [2.24, 2.45) is 0 Å². The molecule has 1 saturated carbocycles. The third kappa shape index (κ3) is 7.56. The number of hydrogen-bond acceptors (Lipinski definition) is 4. The zero-order chi connectivity index (χ0) is 28.7. The molecule has 10 heteroatoms. The topological polar surface area (TPSA) is 86.8 Å². The Labute approximate surface area is 246 Å². The van der Waals surface area contributed by atoms with E-state index in [0.29, 0.717) is 10.0 Å². The molecule has 0 spiro atoms. The fraction of sp³-hybridized carbons (Fsp3) is 0.333. The molecule has 0 bridgehead atoms. The average Bonchev–Trinajstić information content (AvgIpc) is 2.95. The molecule has 0 radical (unpaired) electrons. The van der Waals surface area contributed by atoms with Crippen LogP contribution < -0.4 is 9.62 Å². The lowest BCUT2D eigenvalue weighted by atomic mass is 9.95. The van der Waals surface area contributed by atoms with Crippen molar-refractivity contribution in [3.63, 3.8) is 0 Å². The largest absolute Gasteiger partial charge is 0.352 e. The fourth-order valence-electron chi connectivity index (χ4n) is 4.83. The van der Waals surface area contributed by atoms with Crippen LogP contribution in [0.3, 0.4) is 0 Å². The Bertz CT molecular complexity index is 1410. The third-order valence-corrected chi connectivity index (χ3v) is 9.37. The van der Waals surface area contributed by atoms with E-state index in [0.717, 1.165) is 42.0 Å². The molecular formula is C30H33Cl2N3O4S. The Morgan fingerprint density at radius 1 is 0.900 bits per heavy atom. The van der Waals surface area contributed by atoms with E-state index in [1.165, 1.54) is 35.2 Å². The van der Waals surface area contributed by atoms with Gasteiger partial charge in [-0.15, -0.1) is 0 Å². The van der Waals surface area contributed by atoms with E-state index in [9.17, 15) is 18.0 Å². The second kappa shape index (κ2) is 13.5. The first-order valence-corrected chi connectivity index (χ1v) is 15.5. The summed E-state index contributed by atoms with van der Waals surface area (Å²) < 4.78 is 28.7. The number of hydrogen-bond donors (Lipinski definition) is 1. The Morgan fingerprint density at radius 2 is 1.57 bits per heavy atom. The van der Waals surface area contributed by atoms with Crippen LogP contribution in [0.4, 0.5) is 5.69 Å². The number of carbonyl (C=O) groups is 2. The summed E-state index contributed by atoms with van der Waals surface area (Å²) in [6, 6.07) is 20.6. The van der Waals surface area contributed by atoms with Crippen molar-refractivity contribution in [2.75, 3.05) is 10.8 Å². The zero-order valence-electron chi connectivity index (χ0n) is 22.3. The number of carbonyl (C=O) groups excluding carboxylic acids is 2. The van der Waals surface area contributed by atoms with Gasteiger partial charge >= 0.3 is 0 Å². The number of rotatable bonds is 10. The molecule has 1 aliphatic carbocycles. The van der Waals surface area contributed by atoms with Crippen LogP contribution in [0.2, 0.25) is 10.0 Å². The van der Waals surface area contributed by atoms with Crippen LogP contribution in [0.5, 0.6) is 0 Å². The molecule has 0 heterocycles. The van der Waals surface area contributed by atoms with Gasteiger partial charge in [0.05, 0.1) is 10.6 Å². The molecular weight excluding hydrogens is 569 g/mol. The highest BCUT2D eigenvalue weighted by molar-refractivity contribution is 7.92. The molecule has 212 valence electrons. The number of benzene rings is 3. The maximum atomic E-state index is 14.0. The van der Waals surface area contributed by atoms with E-state index in [1.807, 2.05) is 30.3 Å². The molecule has 1 aliphatic rings. The van der Waals surface area contributed by atoms with Crippen molar-refractivity contribution in [1.29, 1.82) is 0 Å². The van der Waals surface area contributed by atoms with Gasteiger partial charge in [-0.2, -0.15) is 0 Å². The van der Waals surface area contributed by atoms with Crippen molar-refractivity contribution < 1.29 is 18.0 Å². The molecule has 40 heavy (non-hydrogen) atoms. The van der Waals surface area contributed by atoms with Crippen LogP contribution in [-0.4, -0.2) is 43.8 Å². The van der Waals surface area contributed by atoms with Crippen molar-refractivity contribution in [3.8, 4) is 0 Å². The van der Waals surface area contributed by atoms with Crippen LogP contribution in [0.15, 0.2) is 83.8 Å². The molecule has 3 aromatic rings. The lowest BCUT2D eigenvalue weighted by Gasteiger charge is -2.33. The van der Waals surface area contributed by atoms with Gasteiger partial charge in [0.25, 0.3) is 10.0 Å². The predicted molar refractivity (Wildman–Crippen MR) is 159 cm³/mol. The highest BCUT2D eigenvalue weighted by atomic mass is 35.5. The molecule has 0 aromatic heterocycles.